The standard InChI is InChI=1S/C34H65NO12S/c1-3-5-7-9-11-13-15-16-18-20-22-27(37)26(35-33(41)28(38)23-21-19-17-14-12-10-8-6-4-2)25-45-34-31(40)32(47-48(42,43)44)30(39)29(24-36)46-34/h10,12,26-32,34,36-40H,3-9,11,13-25H2,1-2H3,(H,35,41)(H,42,43,44)/b12-10-. The molecule has 0 radical (unpaired) electrons. The summed E-state index contributed by atoms with van der Waals surface area (Å²) < 4.78 is 47.2. The van der Waals surface area contributed by atoms with Crippen molar-refractivity contribution < 1.29 is 57.0 Å². The minimum Gasteiger partial charge on any atom is -0.394 e. The van der Waals surface area contributed by atoms with Gasteiger partial charge in [0.25, 0.3) is 0 Å². The minimum absolute atomic E-state index is 0.239. The molecule has 1 saturated heterocycles. The number of allylic oxidation sites excluding steroid dienone is 2. The fraction of sp³-hybridized carbons (Fsp3) is 0.912. The smallest absolute Gasteiger partial charge is 0.394 e. The number of aliphatic hydroxyl groups is 5. The first kappa shape index (κ1) is 44.8. The molecule has 284 valence electrons. The third-order valence-corrected chi connectivity index (χ3v) is 9.15. The first-order valence-corrected chi connectivity index (χ1v) is 19.5. The Balaban J connectivity index is 2.74. The molecule has 0 aromatic carbocycles. The number of hydrogen-bond acceptors (Lipinski definition) is 11. The van der Waals surface area contributed by atoms with Crippen molar-refractivity contribution in [2.24, 2.45) is 0 Å². The van der Waals surface area contributed by atoms with Gasteiger partial charge < -0.3 is 40.3 Å². The van der Waals surface area contributed by atoms with Crippen molar-refractivity contribution in [2.75, 3.05) is 13.2 Å². The Labute approximate surface area is 288 Å². The molecule has 0 saturated carbocycles. The van der Waals surface area contributed by atoms with Gasteiger partial charge in [0, 0.05) is 0 Å². The molecule has 0 spiro atoms. The van der Waals surface area contributed by atoms with Crippen molar-refractivity contribution in [1.82, 2.24) is 5.32 Å². The normalized spacial score (nSPS) is 23.7. The average molecular weight is 712 g/mol. The molecular formula is C34H65NO12S. The average Bonchev–Trinajstić information content (AvgIpc) is 3.05. The zero-order chi connectivity index (χ0) is 35.8. The van der Waals surface area contributed by atoms with Crippen molar-refractivity contribution in [2.45, 2.75) is 185 Å². The lowest BCUT2D eigenvalue weighted by molar-refractivity contribution is -0.298. The molecule has 1 aliphatic rings. The van der Waals surface area contributed by atoms with Crippen LogP contribution in [0.4, 0.5) is 0 Å². The molecule has 14 heteroatoms. The van der Waals surface area contributed by atoms with Crippen molar-refractivity contribution in [1.29, 1.82) is 0 Å². The van der Waals surface area contributed by atoms with Crippen LogP contribution in [-0.2, 0) is 28.9 Å². The highest BCUT2D eigenvalue weighted by molar-refractivity contribution is 7.80. The largest absolute Gasteiger partial charge is 0.397 e. The first-order valence-electron chi connectivity index (χ1n) is 18.2. The molecule has 1 rings (SSSR count). The summed E-state index contributed by atoms with van der Waals surface area (Å²) in [5.74, 6) is -0.688. The lowest BCUT2D eigenvalue weighted by Gasteiger charge is -2.41. The van der Waals surface area contributed by atoms with Crippen molar-refractivity contribution >= 4 is 16.3 Å². The molecule has 0 aromatic heterocycles. The third kappa shape index (κ3) is 19.9. The summed E-state index contributed by atoms with van der Waals surface area (Å²) in [6, 6.07) is -1.03. The van der Waals surface area contributed by atoms with E-state index >= 15 is 0 Å². The molecule has 8 unspecified atom stereocenters. The summed E-state index contributed by atoms with van der Waals surface area (Å²) >= 11 is 0. The maximum Gasteiger partial charge on any atom is 0.397 e. The van der Waals surface area contributed by atoms with E-state index in [1.807, 2.05) is 0 Å². The summed E-state index contributed by atoms with van der Waals surface area (Å²) in [7, 11) is -5.10. The summed E-state index contributed by atoms with van der Waals surface area (Å²) in [6.07, 6.45) is 11.6. The second kappa shape index (κ2) is 26.6. The van der Waals surface area contributed by atoms with E-state index < -0.39 is 78.5 Å². The van der Waals surface area contributed by atoms with Gasteiger partial charge >= 0.3 is 10.4 Å². The fourth-order valence-corrected chi connectivity index (χ4v) is 6.19. The maximum absolute atomic E-state index is 12.9. The summed E-state index contributed by atoms with van der Waals surface area (Å²) in [6.45, 7) is 3.14. The molecule has 1 amide bonds. The van der Waals surface area contributed by atoms with Crippen molar-refractivity contribution in [3.63, 3.8) is 0 Å². The van der Waals surface area contributed by atoms with E-state index in [2.05, 4.69) is 35.5 Å². The van der Waals surface area contributed by atoms with Crippen LogP contribution in [0.5, 0.6) is 0 Å². The van der Waals surface area contributed by atoms with Crippen LogP contribution in [0.3, 0.4) is 0 Å². The predicted octanol–water partition coefficient (Wildman–Crippen LogP) is 3.84. The molecule has 0 aliphatic carbocycles. The van der Waals surface area contributed by atoms with Gasteiger partial charge in [-0.25, -0.2) is 4.18 Å². The fourth-order valence-electron chi connectivity index (χ4n) is 5.68. The number of unbranched alkanes of at least 4 members (excludes halogenated alkanes) is 14. The molecule has 0 aromatic rings. The third-order valence-electron chi connectivity index (χ3n) is 8.68. The van der Waals surface area contributed by atoms with E-state index in [1.54, 1.807) is 0 Å². The van der Waals surface area contributed by atoms with Gasteiger partial charge in [-0.1, -0.05) is 116 Å². The van der Waals surface area contributed by atoms with Gasteiger partial charge in [-0.05, 0) is 32.1 Å². The second-order valence-corrected chi connectivity index (χ2v) is 14.0. The summed E-state index contributed by atoms with van der Waals surface area (Å²) in [5, 5.41) is 54.7. The number of aliphatic hydroxyl groups excluding tert-OH is 5. The highest BCUT2D eigenvalue weighted by Crippen LogP contribution is 2.26. The number of amides is 1. The van der Waals surface area contributed by atoms with E-state index in [-0.39, 0.29) is 6.42 Å². The number of rotatable bonds is 29. The van der Waals surface area contributed by atoms with Gasteiger partial charge in [-0.15, -0.1) is 0 Å². The molecular weight excluding hydrogens is 646 g/mol. The summed E-state index contributed by atoms with van der Waals surface area (Å²) in [4.78, 5) is 12.9. The van der Waals surface area contributed by atoms with Crippen LogP contribution in [0.1, 0.15) is 136 Å². The Morgan fingerprint density at radius 3 is 1.94 bits per heavy atom. The minimum atomic E-state index is -5.10. The number of ether oxygens (including phenoxy) is 2. The SMILES string of the molecule is CCCC/C=C\CCCCCC(O)C(=O)NC(COC1OC(CO)C(O)C(OS(=O)(=O)O)C1O)C(O)CCCCCCCCCCCC. The van der Waals surface area contributed by atoms with Gasteiger partial charge in [-0.2, -0.15) is 8.42 Å². The van der Waals surface area contributed by atoms with E-state index in [0.29, 0.717) is 19.3 Å². The molecule has 7 N–H and O–H groups in total. The first-order chi connectivity index (χ1) is 22.9. The van der Waals surface area contributed by atoms with Gasteiger partial charge in [0.1, 0.15) is 30.5 Å². The highest BCUT2D eigenvalue weighted by atomic mass is 32.3. The van der Waals surface area contributed by atoms with Gasteiger partial charge in [0.2, 0.25) is 5.91 Å². The Morgan fingerprint density at radius 2 is 1.35 bits per heavy atom. The monoisotopic (exact) mass is 711 g/mol. The van der Waals surface area contributed by atoms with Crippen LogP contribution >= 0.6 is 0 Å². The Morgan fingerprint density at radius 1 is 0.812 bits per heavy atom. The number of hydrogen-bond donors (Lipinski definition) is 7. The number of nitrogens with one attached hydrogen (secondary N) is 1. The lowest BCUT2D eigenvalue weighted by Crippen LogP contribution is -2.61. The second-order valence-electron chi connectivity index (χ2n) is 12.9. The summed E-state index contributed by atoms with van der Waals surface area (Å²) in [5.41, 5.74) is 0. The molecule has 8 atom stereocenters. The van der Waals surface area contributed by atoms with E-state index in [0.717, 1.165) is 51.4 Å². The lowest BCUT2D eigenvalue weighted by atomic mass is 9.99. The highest BCUT2D eigenvalue weighted by Gasteiger charge is 2.48. The van der Waals surface area contributed by atoms with Crippen LogP contribution in [0.25, 0.3) is 0 Å². The molecule has 0 bridgehead atoms. The van der Waals surface area contributed by atoms with E-state index in [1.165, 1.54) is 44.9 Å². The topological polar surface area (TPSA) is 212 Å². The van der Waals surface area contributed by atoms with E-state index in [9.17, 15) is 38.7 Å². The molecule has 1 aliphatic heterocycles. The predicted molar refractivity (Wildman–Crippen MR) is 182 cm³/mol. The van der Waals surface area contributed by atoms with Crippen LogP contribution in [0.15, 0.2) is 12.2 Å². The number of carbonyl (C=O) groups excluding carboxylic acids is 1. The van der Waals surface area contributed by atoms with Gasteiger partial charge in [-0.3, -0.25) is 9.35 Å². The zero-order valence-corrected chi connectivity index (χ0v) is 30.0. The Hall–Kier alpha value is -1.20. The van der Waals surface area contributed by atoms with Crippen molar-refractivity contribution in [3.05, 3.63) is 12.2 Å². The Kier molecular flexibility index (Phi) is 24.8. The van der Waals surface area contributed by atoms with Gasteiger partial charge in [0.15, 0.2) is 6.29 Å². The number of carbonyl (C=O) groups is 1. The Bertz CT molecular complexity index is 952. The van der Waals surface area contributed by atoms with Gasteiger partial charge in [0.05, 0.1) is 25.4 Å². The van der Waals surface area contributed by atoms with Crippen LogP contribution in [-0.4, -0.2) is 107 Å². The quantitative estimate of drug-likeness (QED) is 0.0335. The molecule has 1 heterocycles. The maximum atomic E-state index is 12.9. The zero-order valence-electron chi connectivity index (χ0n) is 29.2. The molecule has 48 heavy (non-hydrogen) atoms. The van der Waals surface area contributed by atoms with E-state index in [4.69, 9.17) is 14.0 Å². The molecule has 1 fully saturated rings. The van der Waals surface area contributed by atoms with Crippen LogP contribution in [0, 0.1) is 0 Å². The molecule has 13 nitrogen and oxygen atoms in total. The van der Waals surface area contributed by atoms with Crippen LogP contribution in [0.2, 0.25) is 0 Å². The van der Waals surface area contributed by atoms with Crippen molar-refractivity contribution in [3.8, 4) is 0 Å². The van der Waals surface area contributed by atoms with Crippen LogP contribution < -0.4 is 5.32 Å².